The lowest BCUT2D eigenvalue weighted by Gasteiger charge is -2.22. The first-order chi connectivity index (χ1) is 10.3. The van der Waals surface area contributed by atoms with Crippen LogP contribution in [0.3, 0.4) is 0 Å². The lowest BCUT2D eigenvalue weighted by molar-refractivity contribution is 0.777. The van der Waals surface area contributed by atoms with Gasteiger partial charge in [0, 0.05) is 25.3 Å². The molecule has 0 saturated carbocycles. The smallest absolute Gasteiger partial charge is 0.129 e. The van der Waals surface area contributed by atoms with Crippen molar-refractivity contribution >= 4 is 5.82 Å². The number of nitrogens with zero attached hydrogens (tertiary/aromatic N) is 2. The van der Waals surface area contributed by atoms with Crippen LogP contribution in [0.5, 0.6) is 0 Å². The number of hydrogen-bond acceptors (Lipinski definition) is 3. The average molecular weight is 281 g/mol. The van der Waals surface area contributed by atoms with E-state index in [2.05, 4.69) is 53.5 Å². The summed E-state index contributed by atoms with van der Waals surface area (Å²) in [6, 6.07) is 13.2. The fourth-order valence-corrected chi connectivity index (χ4v) is 3.09. The van der Waals surface area contributed by atoms with Gasteiger partial charge < -0.3 is 10.2 Å². The van der Waals surface area contributed by atoms with Crippen molar-refractivity contribution in [3.63, 3.8) is 0 Å². The molecule has 110 valence electrons. The third-order valence-electron chi connectivity index (χ3n) is 4.13. The molecule has 1 aliphatic heterocycles. The third kappa shape index (κ3) is 3.24. The predicted octanol–water partition coefficient (Wildman–Crippen LogP) is 2.71. The van der Waals surface area contributed by atoms with Gasteiger partial charge in [-0.15, -0.1) is 0 Å². The number of hydrogen-bond donors (Lipinski definition) is 1. The molecule has 0 bridgehead atoms. The Morgan fingerprint density at radius 2 is 1.76 bits per heavy atom. The standard InChI is InChI=1S/C18H23N3/c1-14-11-15(13-19-2)12-18(20-14)21-9-7-16-5-3-4-6-17(16)8-10-21/h3-6,11-12,19H,7-10,13H2,1-2H3. The Balaban J connectivity index is 1.82. The summed E-state index contributed by atoms with van der Waals surface area (Å²) in [7, 11) is 1.98. The van der Waals surface area contributed by atoms with Gasteiger partial charge in [0.2, 0.25) is 0 Å². The topological polar surface area (TPSA) is 28.2 Å². The normalized spacial score (nSPS) is 14.7. The molecule has 3 rings (SSSR count). The van der Waals surface area contributed by atoms with Gasteiger partial charge in [0.25, 0.3) is 0 Å². The van der Waals surface area contributed by atoms with E-state index in [9.17, 15) is 0 Å². The Kier molecular flexibility index (Phi) is 4.20. The quantitative estimate of drug-likeness (QED) is 0.937. The summed E-state index contributed by atoms with van der Waals surface area (Å²) in [5, 5.41) is 3.22. The summed E-state index contributed by atoms with van der Waals surface area (Å²) >= 11 is 0. The molecule has 0 unspecified atom stereocenters. The SMILES string of the molecule is CNCc1cc(C)nc(N2CCc3ccccc3CC2)c1. The first-order valence-corrected chi connectivity index (χ1v) is 7.70. The Morgan fingerprint density at radius 3 is 2.38 bits per heavy atom. The fourth-order valence-electron chi connectivity index (χ4n) is 3.09. The van der Waals surface area contributed by atoms with E-state index < -0.39 is 0 Å². The highest BCUT2D eigenvalue weighted by Gasteiger charge is 2.15. The van der Waals surface area contributed by atoms with E-state index in [0.29, 0.717) is 0 Å². The largest absolute Gasteiger partial charge is 0.356 e. The van der Waals surface area contributed by atoms with Crippen molar-refractivity contribution in [2.24, 2.45) is 0 Å². The molecule has 0 radical (unpaired) electrons. The van der Waals surface area contributed by atoms with E-state index in [4.69, 9.17) is 4.98 Å². The molecule has 0 amide bonds. The van der Waals surface area contributed by atoms with E-state index in [1.165, 1.54) is 16.7 Å². The summed E-state index contributed by atoms with van der Waals surface area (Å²) in [5.41, 5.74) is 5.38. The van der Waals surface area contributed by atoms with Gasteiger partial charge >= 0.3 is 0 Å². The average Bonchev–Trinajstić information content (AvgIpc) is 2.69. The van der Waals surface area contributed by atoms with Crippen LogP contribution in [0, 0.1) is 6.92 Å². The van der Waals surface area contributed by atoms with E-state index >= 15 is 0 Å². The lowest BCUT2D eigenvalue weighted by Crippen LogP contribution is -2.27. The van der Waals surface area contributed by atoms with Gasteiger partial charge in [-0.2, -0.15) is 0 Å². The van der Waals surface area contributed by atoms with Crippen molar-refractivity contribution < 1.29 is 0 Å². The minimum Gasteiger partial charge on any atom is -0.356 e. The van der Waals surface area contributed by atoms with Crippen LogP contribution in [-0.2, 0) is 19.4 Å². The van der Waals surface area contributed by atoms with Crippen molar-refractivity contribution in [3.8, 4) is 0 Å². The first-order valence-electron chi connectivity index (χ1n) is 7.70. The molecule has 2 heterocycles. The molecule has 3 heteroatoms. The monoisotopic (exact) mass is 281 g/mol. The molecule has 0 fully saturated rings. The molecule has 1 N–H and O–H groups in total. The van der Waals surface area contributed by atoms with Gasteiger partial charge in [0.05, 0.1) is 0 Å². The molecular formula is C18H23N3. The van der Waals surface area contributed by atoms with Crippen molar-refractivity contribution in [2.45, 2.75) is 26.3 Å². The number of benzene rings is 1. The van der Waals surface area contributed by atoms with Gasteiger partial charge in [-0.25, -0.2) is 4.98 Å². The molecule has 21 heavy (non-hydrogen) atoms. The van der Waals surface area contributed by atoms with Gasteiger partial charge in [-0.05, 0) is 55.6 Å². The van der Waals surface area contributed by atoms with E-state index in [1.54, 1.807) is 0 Å². The molecule has 0 aliphatic carbocycles. The van der Waals surface area contributed by atoms with E-state index in [0.717, 1.165) is 44.0 Å². The van der Waals surface area contributed by atoms with E-state index in [1.807, 2.05) is 7.05 Å². The third-order valence-corrected chi connectivity index (χ3v) is 4.13. The number of pyridine rings is 1. The summed E-state index contributed by atoms with van der Waals surface area (Å²) in [6.45, 7) is 5.07. The van der Waals surface area contributed by atoms with Gasteiger partial charge in [-0.3, -0.25) is 0 Å². The molecule has 2 aromatic rings. The van der Waals surface area contributed by atoms with Gasteiger partial charge in [-0.1, -0.05) is 24.3 Å². The Bertz CT molecular complexity index is 595. The maximum absolute atomic E-state index is 4.74. The number of rotatable bonds is 3. The van der Waals surface area contributed by atoms with Gasteiger partial charge in [0.15, 0.2) is 0 Å². The number of fused-ring (bicyclic) bond motifs is 1. The van der Waals surface area contributed by atoms with Crippen LogP contribution in [0.2, 0.25) is 0 Å². The highest BCUT2D eigenvalue weighted by molar-refractivity contribution is 5.44. The van der Waals surface area contributed by atoms with Crippen LogP contribution in [-0.4, -0.2) is 25.1 Å². The maximum atomic E-state index is 4.74. The predicted molar refractivity (Wildman–Crippen MR) is 87.8 cm³/mol. The number of anilines is 1. The minimum atomic E-state index is 0.893. The zero-order chi connectivity index (χ0) is 14.7. The van der Waals surface area contributed by atoms with E-state index in [-0.39, 0.29) is 0 Å². The van der Waals surface area contributed by atoms with Crippen molar-refractivity contribution in [3.05, 3.63) is 58.8 Å². The Hall–Kier alpha value is -1.87. The molecule has 1 aromatic carbocycles. The molecule has 1 aromatic heterocycles. The molecule has 0 saturated heterocycles. The number of nitrogens with one attached hydrogen (secondary N) is 1. The number of aryl methyl sites for hydroxylation is 1. The summed E-state index contributed by atoms with van der Waals surface area (Å²) < 4.78 is 0. The van der Waals surface area contributed by atoms with Crippen molar-refractivity contribution in [1.82, 2.24) is 10.3 Å². The van der Waals surface area contributed by atoms with Gasteiger partial charge in [0.1, 0.15) is 5.82 Å². The Labute approximate surface area is 127 Å². The highest BCUT2D eigenvalue weighted by Crippen LogP contribution is 2.21. The molecule has 0 atom stereocenters. The minimum absolute atomic E-state index is 0.893. The summed E-state index contributed by atoms with van der Waals surface area (Å²) in [5.74, 6) is 1.12. The maximum Gasteiger partial charge on any atom is 0.129 e. The van der Waals surface area contributed by atoms with Crippen LogP contribution >= 0.6 is 0 Å². The lowest BCUT2D eigenvalue weighted by atomic mass is 10.0. The van der Waals surface area contributed by atoms with Crippen LogP contribution in [0.15, 0.2) is 36.4 Å². The highest BCUT2D eigenvalue weighted by atomic mass is 15.2. The Morgan fingerprint density at radius 1 is 1.10 bits per heavy atom. The number of aromatic nitrogens is 1. The summed E-state index contributed by atoms with van der Waals surface area (Å²) in [6.07, 6.45) is 2.21. The second-order valence-corrected chi connectivity index (χ2v) is 5.76. The van der Waals surface area contributed by atoms with Crippen LogP contribution in [0.1, 0.15) is 22.4 Å². The summed E-state index contributed by atoms with van der Waals surface area (Å²) in [4.78, 5) is 7.17. The van der Waals surface area contributed by atoms with Crippen LogP contribution < -0.4 is 10.2 Å². The second kappa shape index (κ2) is 6.27. The first kappa shape index (κ1) is 14.1. The zero-order valence-corrected chi connectivity index (χ0v) is 12.9. The fraction of sp³-hybridized carbons (Fsp3) is 0.389. The van der Waals surface area contributed by atoms with Crippen LogP contribution in [0.4, 0.5) is 5.82 Å². The second-order valence-electron chi connectivity index (χ2n) is 5.76. The molecular weight excluding hydrogens is 258 g/mol. The molecule has 3 nitrogen and oxygen atoms in total. The zero-order valence-electron chi connectivity index (χ0n) is 12.9. The van der Waals surface area contributed by atoms with Crippen molar-refractivity contribution in [2.75, 3.05) is 25.0 Å². The molecule has 1 aliphatic rings. The van der Waals surface area contributed by atoms with Crippen LogP contribution in [0.25, 0.3) is 0 Å². The molecule has 0 spiro atoms. The van der Waals surface area contributed by atoms with Crippen molar-refractivity contribution in [1.29, 1.82) is 0 Å².